The molecule has 0 aliphatic rings. The molecule has 1 heterocycles. The molecule has 0 amide bonds. The molecular formula is C24H24N4O4S. The van der Waals surface area contributed by atoms with E-state index in [1.165, 1.54) is 0 Å². The lowest BCUT2D eigenvalue weighted by Crippen LogP contribution is -2.18. The lowest BCUT2D eigenvalue weighted by molar-refractivity contribution is 0.414. The summed E-state index contributed by atoms with van der Waals surface area (Å²) in [7, 11) is -0.781. The molecule has 0 spiro atoms. The van der Waals surface area contributed by atoms with Crippen LogP contribution in [-0.2, 0) is 16.6 Å². The summed E-state index contributed by atoms with van der Waals surface area (Å²) in [6, 6.07) is 21.2. The molecule has 1 N–H and O–H groups in total. The van der Waals surface area contributed by atoms with Gasteiger partial charge in [-0.25, -0.2) is 0 Å². The summed E-state index contributed by atoms with van der Waals surface area (Å²) < 4.78 is 38.1. The van der Waals surface area contributed by atoms with E-state index in [4.69, 9.17) is 9.47 Å². The van der Waals surface area contributed by atoms with Gasteiger partial charge in [0.2, 0.25) is 5.95 Å². The number of methoxy groups -OCH3 is 2. The van der Waals surface area contributed by atoms with Crippen molar-refractivity contribution in [2.24, 2.45) is 0 Å². The van der Waals surface area contributed by atoms with Gasteiger partial charge in [0.15, 0.2) is 5.82 Å². The number of hydrogen-bond donors (Lipinski definition) is 1. The van der Waals surface area contributed by atoms with Gasteiger partial charge in [0.25, 0.3) is 10.0 Å². The van der Waals surface area contributed by atoms with Crippen LogP contribution in [0.3, 0.4) is 0 Å². The summed E-state index contributed by atoms with van der Waals surface area (Å²) in [6.45, 7) is 2.25. The molecule has 170 valence electrons. The van der Waals surface area contributed by atoms with Gasteiger partial charge >= 0.3 is 0 Å². The van der Waals surface area contributed by atoms with Crippen molar-refractivity contribution in [2.75, 3.05) is 19.5 Å². The molecule has 0 aliphatic carbocycles. The minimum absolute atomic E-state index is 0.122. The van der Waals surface area contributed by atoms with Crippen molar-refractivity contribution in [1.82, 2.24) is 14.2 Å². The monoisotopic (exact) mass is 464 g/mol. The van der Waals surface area contributed by atoms with E-state index in [9.17, 15) is 8.42 Å². The maximum Gasteiger partial charge on any atom is 0.286 e. The highest BCUT2D eigenvalue weighted by molar-refractivity contribution is 7.90. The Kier molecular flexibility index (Phi) is 6.32. The fraction of sp³-hybridized carbons (Fsp3) is 0.167. The zero-order valence-corrected chi connectivity index (χ0v) is 19.3. The molecule has 0 unspecified atom stereocenters. The Balaban J connectivity index is 1.71. The number of aromatic nitrogens is 3. The Labute approximate surface area is 192 Å². The summed E-state index contributed by atoms with van der Waals surface area (Å²) in [5, 5.41) is 7.45. The number of ether oxygens (including phenoxy) is 2. The van der Waals surface area contributed by atoms with E-state index < -0.39 is 10.0 Å². The van der Waals surface area contributed by atoms with Crippen LogP contribution in [0.4, 0.5) is 5.95 Å². The molecule has 0 saturated carbocycles. The first kappa shape index (κ1) is 22.3. The van der Waals surface area contributed by atoms with Gasteiger partial charge in [0, 0.05) is 12.1 Å². The first-order valence-electron chi connectivity index (χ1n) is 10.2. The quantitative estimate of drug-likeness (QED) is 0.419. The van der Waals surface area contributed by atoms with Gasteiger partial charge < -0.3 is 14.8 Å². The summed E-state index contributed by atoms with van der Waals surface area (Å²) in [5.41, 5.74) is 2.56. The van der Waals surface area contributed by atoms with Crippen molar-refractivity contribution >= 4 is 16.0 Å². The van der Waals surface area contributed by atoms with Crippen molar-refractivity contribution in [3.8, 4) is 22.9 Å². The van der Waals surface area contributed by atoms with Crippen molar-refractivity contribution in [1.29, 1.82) is 0 Å². The van der Waals surface area contributed by atoms with E-state index in [-0.39, 0.29) is 16.7 Å². The fourth-order valence-corrected chi connectivity index (χ4v) is 4.37. The van der Waals surface area contributed by atoms with Crippen LogP contribution in [0.1, 0.15) is 11.1 Å². The highest BCUT2D eigenvalue weighted by Gasteiger charge is 2.24. The standard InChI is InChI=1S/C24H24N4O4S/c1-17-4-14-22(15-5-17)33(29,30)28-24(25-16-18-6-10-20(31-2)11-7-18)26-23(27-28)19-8-12-21(32-3)13-9-19/h4-15H,16H2,1-3H3,(H,25,26,27). The SMILES string of the molecule is COc1ccc(CNc2nc(-c3ccc(OC)cc3)nn2S(=O)(=O)c2ccc(C)cc2)cc1. The zero-order chi connectivity index (χ0) is 23.4. The second kappa shape index (κ2) is 9.33. The summed E-state index contributed by atoms with van der Waals surface area (Å²) in [5.74, 6) is 1.83. The lowest BCUT2D eigenvalue weighted by Gasteiger charge is -2.10. The normalized spacial score (nSPS) is 11.2. The number of nitrogens with one attached hydrogen (secondary N) is 1. The van der Waals surface area contributed by atoms with Gasteiger partial charge in [-0.2, -0.15) is 13.4 Å². The first-order chi connectivity index (χ1) is 15.9. The number of anilines is 1. The lowest BCUT2D eigenvalue weighted by atomic mass is 10.2. The molecule has 33 heavy (non-hydrogen) atoms. The van der Waals surface area contributed by atoms with Crippen molar-refractivity contribution < 1.29 is 17.9 Å². The Bertz CT molecular complexity index is 1330. The van der Waals surface area contributed by atoms with Crippen molar-refractivity contribution in [3.05, 3.63) is 83.9 Å². The Morgan fingerprint density at radius 1 is 0.848 bits per heavy atom. The molecule has 0 saturated heterocycles. The van der Waals surface area contributed by atoms with Crippen LogP contribution in [0.15, 0.2) is 77.7 Å². The molecule has 0 aliphatic heterocycles. The summed E-state index contributed by atoms with van der Waals surface area (Å²) >= 11 is 0. The Hall–Kier alpha value is -3.85. The van der Waals surface area contributed by atoms with Gasteiger partial charge in [-0.3, -0.25) is 0 Å². The van der Waals surface area contributed by atoms with Crippen LogP contribution in [0, 0.1) is 6.92 Å². The van der Waals surface area contributed by atoms with E-state index in [0.29, 0.717) is 17.9 Å². The third kappa shape index (κ3) is 4.83. The Morgan fingerprint density at radius 2 is 1.42 bits per heavy atom. The molecular weight excluding hydrogens is 440 g/mol. The smallest absolute Gasteiger partial charge is 0.286 e. The zero-order valence-electron chi connectivity index (χ0n) is 18.5. The van der Waals surface area contributed by atoms with Gasteiger partial charge in [-0.15, -0.1) is 9.19 Å². The van der Waals surface area contributed by atoms with Crippen LogP contribution in [0.5, 0.6) is 11.5 Å². The second-order valence-electron chi connectivity index (χ2n) is 7.35. The van der Waals surface area contributed by atoms with Crippen LogP contribution >= 0.6 is 0 Å². The van der Waals surface area contributed by atoms with Crippen molar-refractivity contribution in [2.45, 2.75) is 18.4 Å². The predicted octanol–water partition coefficient (Wildman–Crippen LogP) is 4.12. The molecule has 8 nitrogen and oxygen atoms in total. The second-order valence-corrected chi connectivity index (χ2v) is 9.12. The fourth-order valence-electron chi connectivity index (χ4n) is 3.17. The van der Waals surface area contributed by atoms with Crippen LogP contribution in [0.2, 0.25) is 0 Å². The van der Waals surface area contributed by atoms with Gasteiger partial charge in [-0.1, -0.05) is 29.8 Å². The average molecular weight is 465 g/mol. The highest BCUT2D eigenvalue weighted by Crippen LogP contribution is 2.25. The van der Waals surface area contributed by atoms with Crippen LogP contribution < -0.4 is 14.8 Å². The third-order valence-corrected chi connectivity index (χ3v) is 6.66. The van der Waals surface area contributed by atoms with E-state index in [2.05, 4.69) is 15.4 Å². The summed E-state index contributed by atoms with van der Waals surface area (Å²) in [6.07, 6.45) is 0. The molecule has 3 aromatic carbocycles. The average Bonchev–Trinajstić information content (AvgIpc) is 3.28. The first-order valence-corrected chi connectivity index (χ1v) is 11.7. The molecule has 9 heteroatoms. The van der Waals surface area contributed by atoms with Crippen LogP contribution in [0.25, 0.3) is 11.4 Å². The van der Waals surface area contributed by atoms with E-state index >= 15 is 0 Å². The molecule has 0 atom stereocenters. The largest absolute Gasteiger partial charge is 0.497 e. The number of hydrogen-bond acceptors (Lipinski definition) is 7. The predicted molar refractivity (Wildman–Crippen MR) is 126 cm³/mol. The molecule has 1 aromatic heterocycles. The maximum absolute atomic E-state index is 13.4. The third-order valence-electron chi connectivity index (χ3n) is 5.08. The van der Waals surface area contributed by atoms with E-state index in [0.717, 1.165) is 21.0 Å². The number of aryl methyl sites for hydroxylation is 1. The molecule has 4 aromatic rings. The highest BCUT2D eigenvalue weighted by atomic mass is 32.2. The minimum Gasteiger partial charge on any atom is -0.497 e. The van der Waals surface area contributed by atoms with Crippen molar-refractivity contribution in [3.63, 3.8) is 0 Å². The number of rotatable bonds is 8. The molecule has 0 fully saturated rings. The van der Waals surface area contributed by atoms with Crippen LogP contribution in [-0.4, -0.2) is 36.8 Å². The van der Waals surface area contributed by atoms with E-state index in [1.807, 2.05) is 31.2 Å². The van der Waals surface area contributed by atoms with Gasteiger partial charge in [0.05, 0.1) is 19.1 Å². The minimum atomic E-state index is -3.97. The topological polar surface area (TPSA) is 95.3 Å². The molecule has 0 radical (unpaired) electrons. The van der Waals surface area contributed by atoms with Gasteiger partial charge in [0.1, 0.15) is 11.5 Å². The number of benzene rings is 3. The maximum atomic E-state index is 13.4. The van der Waals surface area contributed by atoms with Gasteiger partial charge in [-0.05, 0) is 61.0 Å². The molecule has 0 bridgehead atoms. The number of nitrogens with zero attached hydrogens (tertiary/aromatic N) is 3. The Morgan fingerprint density at radius 3 is 2.00 bits per heavy atom. The van der Waals surface area contributed by atoms with E-state index in [1.54, 1.807) is 62.8 Å². The summed E-state index contributed by atoms with van der Waals surface area (Å²) in [4.78, 5) is 4.62. The molecule has 4 rings (SSSR count).